The number of halogens is 4. The smallest absolute Gasteiger partial charge is 0.397 e. The van der Waals surface area contributed by atoms with E-state index in [0.29, 0.717) is 5.56 Å². The van der Waals surface area contributed by atoms with Gasteiger partial charge in [0, 0.05) is 6.42 Å². The van der Waals surface area contributed by atoms with E-state index in [2.05, 4.69) is 4.74 Å². The lowest BCUT2D eigenvalue weighted by Gasteiger charge is -2.17. The molecule has 1 rings (SSSR count). The molecule has 0 aliphatic carbocycles. The third kappa shape index (κ3) is 6.24. The van der Waals surface area contributed by atoms with Crippen molar-refractivity contribution in [2.75, 3.05) is 7.11 Å². The first-order valence-electron chi connectivity index (χ1n) is 5.89. The Morgan fingerprint density at radius 3 is 2.29 bits per heavy atom. The fraction of sp³-hybridized carbons (Fsp3) is 0.385. The van der Waals surface area contributed by atoms with E-state index < -0.39 is 36.3 Å². The summed E-state index contributed by atoms with van der Waals surface area (Å²) < 4.78 is 53.5. The minimum Gasteiger partial charge on any atom is -0.467 e. The summed E-state index contributed by atoms with van der Waals surface area (Å²) in [4.78, 5) is 22.7. The lowest BCUT2D eigenvalue weighted by molar-refractivity contribution is -0.157. The Morgan fingerprint density at radius 1 is 1.24 bits per heavy atom. The van der Waals surface area contributed by atoms with Gasteiger partial charge in [-0.2, -0.15) is 13.2 Å². The second kappa shape index (κ2) is 7.05. The van der Waals surface area contributed by atoms with E-state index >= 15 is 0 Å². The van der Waals surface area contributed by atoms with Crippen LogP contribution < -0.4 is 5.32 Å². The van der Waals surface area contributed by atoms with Gasteiger partial charge in [0.2, 0.25) is 5.91 Å². The van der Waals surface area contributed by atoms with Gasteiger partial charge in [0.15, 0.2) is 0 Å². The van der Waals surface area contributed by atoms with Crippen molar-refractivity contribution < 1.29 is 31.9 Å². The van der Waals surface area contributed by atoms with Crippen LogP contribution in [0.1, 0.15) is 12.0 Å². The van der Waals surface area contributed by atoms with Crippen LogP contribution in [0.3, 0.4) is 0 Å². The summed E-state index contributed by atoms with van der Waals surface area (Å²) in [6, 6.07) is 3.74. The van der Waals surface area contributed by atoms with Gasteiger partial charge in [0.05, 0.1) is 7.11 Å². The highest BCUT2D eigenvalue weighted by atomic mass is 19.4. The Labute approximate surface area is 118 Å². The van der Waals surface area contributed by atoms with Crippen LogP contribution in [0.5, 0.6) is 0 Å². The number of hydrogen-bond acceptors (Lipinski definition) is 3. The molecule has 0 aliphatic heterocycles. The first-order valence-corrected chi connectivity index (χ1v) is 5.89. The third-order valence-electron chi connectivity index (χ3n) is 2.54. The second-order valence-electron chi connectivity index (χ2n) is 4.27. The van der Waals surface area contributed by atoms with Gasteiger partial charge in [0.25, 0.3) is 0 Å². The number of rotatable bonds is 5. The number of methoxy groups -OCH3 is 1. The highest BCUT2D eigenvalue weighted by Gasteiger charge is 2.33. The Kier molecular flexibility index (Phi) is 5.69. The minimum atomic E-state index is -4.67. The predicted molar refractivity (Wildman–Crippen MR) is 64.7 cm³/mol. The first kappa shape index (κ1) is 16.9. The van der Waals surface area contributed by atoms with Crippen molar-refractivity contribution >= 4 is 11.9 Å². The van der Waals surface area contributed by atoms with Gasteiger partial charge in [0.1, 0.15) is 18.3 Å². The monoisotopic (exact) mass is 307 g/mol. The number of benzene rings is 1. The molecule has 0 radical (unpaired) electrons. The molecule has 0 aromatic heterocycles. The largest absolute Gasteiger partial charge is 0.467 e. The summed E-state index contributed by atoms with van der Waals surface area (Å²) in [6.45, 7) is 0. The molecule has 1 atom stereocenters. The van der Waals surface area contributed by atoms with Gasteiger partial charge in [-0.1, -0.05) is 12.1 Å². The van der Waals surface area contributed by atoms with Crippen molar-refractivity contribution in [1.82, 2.24) is 5.32 Å². The van der Waals surface area contributed by atoms with Crippen LogP contribution in [-0.4, -0.2) is 31.2 Å². The average molecular weight is 307 g/mol. The van der Waals surface area contributed by atoms with E-state index in [0.717, 1.165) is 19.2 Å². The lowest BCUT2D eigenvalue weighted by Crippen LogP contribution is -2.44. The molecular formula is C13H13F4NO3. The quantitative estimate of drug-likeness (QED) is 0.668. The summed E-state index contributed by atoms with van der Waals surface area (Å²) >= 11 is 0. The van der Waals surface area contributed by atoms with Crippen molar-refractivity contribution in [2.45, 2.75) is 25.1 Å². The molecule has 0 bridgehead atoms. The van der Waals surface area contributed by atoms with Gasteiger partial charge in [-0.25, -0.2) is 9.18 Å². The average Bonchev–Trinajstić information content (AvgIpc) is 2.37. The number of nitrogens with one attached hydrogen (secondary N) is 1. The van der Waals surface area contributed by atoms with Gasteiger partial charge in [-0.3, -0.25) is 4.79 Å². The van der Waals surface area contributed by atoms with Crippen molar-refractivity contribution in [3.8, 4) is 0 Å². The maximum Gasteiger partial charge on any atom is 0.397 e. The highest BCUT2D eigenvalue weighted by molar-refractivity contribution is 5.84. The molecule has 116 valence electrons. The predicted octanol–water partition coefficient (Wildman–Crippen LogP) is 1.98. The fourth-order valence-electron chi connectivity index (χ4n) is 1.62. The normalized spacial score (nSPS) is 12.6. The van der Waals surface area contributed by atoms with Crippen LogP contribution in [0.4, 0.5) is 17.6 Å². The molecule has 0 spiro atoms. The molecule has 0 fully saturated rings. The molecule has 1 amide bonds. The Morgan fingerprint density at radius 2 is 1.81 bits per heavy atom. The Hall–Kier alpha value is -2.12. The zero-order valence-electron chi connectivity index (χ0n) is 11.0. The molecule has 0 saturated heterocycles. The van der Waals surface area contributed by atoms with Gasteiger partial charge in [-0.05, 0) is 17.7 Å². The molecule has 0 aliphatic rings. The van der Waals surface area contributed by atoms with Crippen LogP contribution in [-0.2, 0) is 20.7 Å². The van der Waals surface area contributed by atoms with Crippen molar-refractivity contribution in [3.63, 3.8) is 0 Å². The molecule has 21 heavy (non-hydrogen) atoms. The molecule has 1 N–H and O–H groups in total. The summed E-state index contributed by atoms with van der Waals surface area (Å²) in [7, 11) is 1.05. The standard InChI is InChI=1S/C13H13F4NO3/c1-21-12(20)10(18-11(19)7-13(15,16)17)6-8-2-4-9(14)5-3-8/h2-5,10H,6-7H2,1H3,(H,18,19). The van der Waals surface area contributed by atoms with Crippen LogP contribution >= 0.6 is 0 Å². The van der Waals surface area contributed by atoms with Crippen molar-refractivity contribution in [1.29, 1.82) is 0 Å². The van der Waals surface area contributed by atoms with E-state index in [9.17, 15) is 27.2 Å². The molecule has 0 heterocycles. The topological polar surface area (TPSA) is 55.4 Å². The van der Waals surface area contributed by atoms with Crippen molar-refractivity contribution in [3.05, 3.63) is 35.6 Å². The Bertz CT molecular complexity index is 499. The zero-order chi connectivity index (χ0) is 16.0. The zero-order valence-corrected chi connectivity index (χ0v) is 11.0. The number of carbonyl (C=O) groups is 2. The second-order valence-corrected chi connectivity index (χ2v) is 4.27. The molecular weight excluding hydrogens is 294 g/mol. The minimum absolute atomic E-state index is 0.101. The molecule has 0 saturated carbocycles. The fourth-order valence-corrected chi connectivity index (χ4v) is 1.62. The van der Waals surface area contributed by atoms with Gasteiger partial charge >= 0.3 is 12.1 Å². The van der Waals surface area contributed by atoms with E-state index in [1.54, 1.807) is 0 Å². The van der Waals surface area contributed by atoms with Gasteiger partial charge < -0.3 is 10.1 Å². The number of alkyl halides is 3. The van der Waals surface area contributed by atoms with Crippen LogP contribution in [0.2, 0.25) is 0 Å². The maximum atomic E-state index is 12.8. The molecule has 8 heteroatoms. The van der Waals surface area contributed by atoms with E-state index in [1.165, 1.54) is 12.1 Å². The molecule has 1 aromatic carbocycles. The SMILES string of the molecule is COC(=O)C(Cc1ccc(F)cc1)NC(=O)CC(F)(F)F. The molecule has 4 nitrogen and oxygen atoms in total. The highest BCUT2D eigenvalue weighted by Crippen LogP contribution is 2.19. The van der Waals surface area contributed by atoms with Crippen LogP contribution in [0, 0.1) is 5.82 Å². The van der Waals surface area contributed by atoms with E-state index in [4.69, 9.17) is 0 Å². The Balaban J connectivity index is 2.74. The summed E-state index contributed by atoms with van der Waals surface area (Å²) in [6.07, 6.45) is -6.46. The summed E-state index contributed by atoms with van der Waals surface area (Å²) in [5, 5.41) is 1.96. The number of esters is 1. The molecule has 1 aromatic rings. The van der Waals surface area contributed by atoms with Gasteiger partial charge in [-0.15, -0.1) is 0 Å². The van der Waals surface area contributed by atoms with E-state index in [1.807, 2.05) is 5.32 Å². The number of ether oxygens (including phenoxy) is 1. The van der Waals surface area contributed by atoms with Crippen LogP contribution in [0.15, 0.2) is 24.3 Å². The lowest BCUT2D eigenvalue weighted by atomic mass is 10.1. The first-order chi connectivity index (χ1) is 9.71. The number of hydrogen-bond donors (Lipinski definition) is 1. The number of carbonyl (C=O) groups excluding carboxylic acids is 2. The summed E-state index contributed by atoms with van der Waals surface area (Å²) in [5.41, 5.74) is 0.471. The van der Waals surface area contributed by atoms with E-state index in [-0.39, 0.29) is 6.42 Å². The van der Waals surface area contributed by atoms with Crippen LogP contribution in [0.25, 0.3) is 0 Å². The third-order valence-corrected chi connectivity index (χ3v) is 2.54. The van der Waals surface area contributed by atoms with Crippen molar-refractivity contribution in [2.24, 2.45) is 0 Å². The number of amides is 1. The molecule has 1 unspecified atom stereocenters. The summed E-state index contributed by atoms with van der Waals surface area (Å²) in [5.74, 6) is -2.70. The maximum absolute atomic E-state index is 12.8.